The molecule has 0 amide bonds. The molecule has 0 aliphatic heterocycles. The number of hydrogen-bond donors (Lipinski definition) is 3. The van der Waals surface area contributed by atoms with Crippen LogP contribution in [-0.4, -0.2) is 31.0 Å². The molecular weight excluding hydrogens is 384 g/mol. The molecule has 0 aliphatic rings. The number of nitrogens with one attached hydrogen (secondary N) is 2. The average molecular weight is 399 g/mol. The van der Waals surface area contributed by atoms with Gasteiger partial charge in [-0.15, -0.1) is 11.3 Å². The van der Waals surface area contributed by atoms with Crippen LogP contribution in [0.4, 0.5) is 0 Å². The third kappa shape index (κ3) is 3.72. The highest BCUT2D eigenvalue weighted by molar-refractivity contribution is 7.89. The number of rotatable bonds is 6. The van der Waals surface area contributed by atoms with E-state index in [4.69, 9.17) is 16.7 Å². The Labute approximate surface area is 153 Å². The lowest BCUT2D eigenvalue weighted by Gasteiger charge is -2.06. The molecule has 0 atom stereocenters. The number of hydrogen-bond acceptors (Lipinski definition) is 4. The van der Waals surface area contributed by atoms with Gasteiger partial charge in [0.1, 0.15) is 9.77 Å². The minimum Gasteiger partial charge on any atom is -0.477 e. The molecule has 25 heavy (non-hydrogen) atoms. The van der Waals surface area contributed by atoms with Crippen molar-refractivity contribution in [3.8, 4) is 0 Å². The smallest absolute Gasteiger partial charge is 0.347 e. The van der Waals surface area contributed by atoms with Crippen molar-refractivity contribution >= 4 is 49.8 Å². The third-order valence-electron chi connectivity index (χ3n) is 3.76. The Morgan fingerprint density at radius 3 is 2.84 bits per heavy atom. The molecule has 3 aromatic rings. The predicted molar refractivity (Wildman–Crippen MR) is 98.2 cm³/mol. The summed E-state index contributed by atoms with van der Waals surface area (Å²) in [6.07, 6.45) is 2.32. The van der Waals surface area contributed by atoms with Crippen LogP contribution in [0.25, 0.3) is 10.9 Å². The number of carbonyl (C=O) groups is 1. The van der Waals surface area contributed by atoms with Crippen LogP contribution in [0.5, 0.6) is 0 Å². The zero-order valence-electron chi connectivity index (χ0n) is 13.2. The van der Waals surface area contributed by atoms with Gasteiger partial charge in [0.05, 0.1) is 4.34 Å². The normalized spacial score (nSPS) is 11.9. The molecule has 132 valence electrons. The van der Waals surface area contributed by atoms with Gasteiger partial charge in [-0.1, -0.05) is 23.7 Å². The monoisotopic (exact) mass is 398 g/mol. The van der Waals surface area contributed by atoms with Crippen molar-refractivity contribution in [2.24, 2.45) is 0 Å². The third-order valence-corrected chi connectivity index (χ3v) is 6.63. The molecule has 0 radical (unpaired) electrons. The van der Waals surface area contributed by atoms with E-state index in [1.54, 1.807) is 0 Å². The molecule has 0 unspecified atom stereocenters. The Morgan fingerprint density at radius 1 is 1.36 bits per heavy atom. The molecule has 0 saturated carbocycles. The lowest BCUT2D eigenvalue weighted by atomic mass is 10.1. The summed E-state index contributed by atoms with van der Waals surface area (Å²) in [6, 6.07) is 7.17. The topological polar surface area (TPSA) is 99.3 Å². The number of H-pyrrole nitrogens is 1. The first kappa shape index (κ1) is 17.9. The van der Waals surface area contributed by atoms with Crippen molar-refractivity contribution in [3.63, 3.8) is 0 Å². The van der Waals surface area contributed by atoms with Gasteiger partial charge in [-0.2, -0.15) is 0 Å². The van der Waals surface area contributed by atoms with Crippen LogP contribution in [0.15, 0.2) is 35.4 Å². The van der Waals surface area contributed by atoms with Crippen LogP contribution in [0.1, 0.15) is 20.8 Å². The lowest BCUT2D eigenvalue weighted by molar-refractivity contribution is 0.0698. The molecular formula is C16H15ClN2O4S2. The molecule has 9 heteroatoms. The van der Waals surface area contributed by atoms with Gasteiger partial charge in [0.2, 0.25) is 10.0 Å². The van der Waals surface area contributed by atoms with Gasteiger partial charge in [-0.3, -0.25) is 0 Å². The second-order valence-corrected chi connectivity index (χ2v) is 8.98. The number of aryl methyl sites for hydroxylation is 1. The van der Waals surface area contributed by atoms with E-state index in [1.165, 1.54) is 0 Å². The fraction of sp³-hybridized carbons (Fsp3) is 0.188. The van der Waals surface area contributed by atoms with Gasteiger partial charge in [-0.25, -0.2) is 17.9 Å². The van der Waals surface area contributed by atoms with Crippen LogP contribution in [0.3, 0.4) is 0 Å². The van der Waals surface area contributed by atoms with E-state index < -0.39 is 16.0 Å². The molecule has 6 nitrogen and oxygen atoms in total. The molecule has 2 aromatic heterocycles. The molecule has 2 heterocycles. The number of fused-ring (bicyclic) bond motifs is 1. The maximum Gasteiger partial charge on any atom is 0.347 e. The number of aromatic carboxylic acids is 1. The fourth-order valence-corrected chi connectivity index (χ4v) is 5.28. The number of sulfonamides is 1. The summed E-state index contributed by atoms with van der Waals surface area (Å²) in [4.78, 5) is 13.7. The molecule has 0 bridgehead atoms. The highest BCUT2D eigenvalue weighted by Gasteiger charge is 2.25. The number of benzene rings is 1. The second kappa shape index (κ2) is 6.80. The maximum absolute atomic E-state index is 12.4. The molecule has 0 fully saturated rings. The van der Waals surface area contributed by atoms with Crippen molar-refractivity contribution in [3.05, 3.63) is 50.8 Å². The zero-order chi connectivity index (χ0) is 18.2. The summed E-state index contributed by atoms with van der Waals surface area (Å²) in [5, 5.41) is 10.2. The van der Waals surface area contributed by atoms with Crippen LogP contribution in [0, 0.1) is 6.92 Å². The van der Waals surface area contributed by atoms with E-state index in [-0.39, 0.29) is 20.7 Å². The van der Waals surface area contributed by atoms with Crippen LogP contribution in [-0.2, 0) is 16.4 Å². The van der Waals surface area contributed by atoms with E-state index in [0.29, 0.717) is 6.42 Å². The Hall–Kier alpha value is -1.87. The van der Waals surface area contributed by atoms with Crippen molar-refractivity contribution < 1.29 is 18.3 Å². The van der Waals surface area contributed by atoms with E-state index in [9.17, 15) is 13.2 Å². The minimum atomic E-state index is -3.94. The van der Waals surface area contributed by atoms with E-state index in [1.807, 2.05) is 31.3 Å². The highest BCUT2D eigenvalue weighted by Crippen LogP contribution is 2.30. The standard InChI is InChI=1S/C16H15ClN2O4S2/c1-9-2-3-11-10(8-18-12(11)6-9)4-5-19-25(22,23)13-7-14(17)24-15(13)16(20)21/h2-3,6-8,18-19H,4-5H2,1H3,(H,20,21). The first-order chi connectivity index (χ1) is 11.8. The zero-order valence-corrected chi connectivity index (χ0v) is 15.6. The quantitative estimate of drug-likeness (QED) is 0.592. The van der Waals surface area contributed by atoms with Gasteiger partial charge < -0.3 is 10.1 Å². The first-order valence-corrected chi connectivity index (χ1v) is 10.0. The van der Waals surface area contributed by atoms with Crippen LogP contribution in [0.2, 0.25) is 4.34 Å². The number of halogens is 1. The van der Waals surface area contributed by atoms with E-state index in [0.717, 1.165) is 39.4 Å². The van der Waals surface area contributed by atoms with Gasteiger partial charge in [-0.05, 0) is 36.6 Å². The summed E-state index contributed by atoms with van der Waals surface area (Å²) in [5.41, 5.74) is 3.12. The number of carboxylic acid groups (broad SMARTS) is 1. The Bertz CT molecular complexity index is 1050. The van der Waals surface area contributed by atoms with Crippen molar-refractivity contribution in [1.82, 2.24) is 9.71 Å². The lowest BCUT2D eigenvalue weighted by Crippen LogP contribution is -2.26. The van der Waals surface area contributed by atoms with Crippen LogP contribution >= 0.6 is 22.9 Å². The van der Waals surface area contributed by atoms with Crippen molar-refractivity contribution in [2.75, 3.05) is 6.54 Å². The number of aromatic nitrogens is 1. The van der Waals surface area contributed by atoms with E-state index >= 15 is 0 Å². The first-order valence-electron chi connectivity index (χ1n) is 7.37. The number of thiophene rings is 1. The summed E-state index contributed by atoms with van der Waals surface area (Å²) in [7, 11) is -3.94. The summed E-state index contributed by atoms with van der Waals surface area (Å²) in [6.45, 7) is 2.15. The molecule has 0 saturated heterocycles. The van der Waals surface area contributed by atoms with Gasteiger partial charge in [0.15, 0.2) is 0 Å². The fourth-order valence-electron chi connectivity index (χ4n) is 2.60. The Morgan fingerprint density at radius 2 is 2.12 bits per heavy atom. The SMILES string of the molecule is Cc1ccc2c(CCNS(=O)(=O)c3cc(Cl)sc3C(=O)O)c[nH]c2c1. The van der Waals surface area contributed by atoms with Gasteiger partial charge in [0, 0.05) is 23.6 Å². The summed E-state index contributed by atoms with van der Waals surface area (Å²) < 4.78 is 27.3. The minimum absolute atomic E-state index is 0.116. The largest absolute Gasteiger partial charge is 0.477 e. The predicted octanol–water partition coefficient (Wildman–Crippen LogP) is 3.41. The molecule has 3 rings (SSSR count). The second-order valence-electron chi connectivity index (χ2n) is 5.56. The van der Waals surface area contributed by atoms with Crippen LogP contribution < -0.4 is 4.72 Å². The summed E-state index contributed by atoms with van der Waals surface area (Å²) >= 11 is 6.49. The molecule has 0 aliphatic carbocycles. The number of aromatic amines is 1. The van der Waals surface area contributed by atoms with Crippen molar-refractivity contribution in [1.29, 1.82) is 0 Å². The Balaban J connectivity index is 1.75. The molecule has 3 N–H and O–H groups in total. The number of carboxylic acids is 1. The van der Waals surface area contributed by atoms with Gasteiger partial charge >= 0.3 is 5.97 Å². The van der Waals surface area contributed by atoms with Crippen molar-refractivity contribution in [2.45, 2.75) is 18.2 Å². The van der Waals surface area contributed by atoms with Gasteiger partial charge in [0.25, 0.3) is 0 Å². The molecule has 0 spiro atoms. The highest BCUT2D eigenvalue weighted by atomic mass is 35.5. The summed E-state index contributed by atoms with van der Waals surface area (Å²) in [5.74, 6) is -1.32. The van der Waals surface area contributed by atoms with E-state index in [2.05, 4.69) is 9.71 Å². The maximum atomic E-state index is 12.4. The average Bonchev–Trinajstić information content (AvgIpc) is 3.11. The Kier molecular flexibility index (Phi) is 4.88. The molecule has 1 aromatic carbocycles.